The van der Waals surface area contributed by atoms with E-state index in [1.54, 1.807) is 6.92 Å². The lowest BCUT2D eigenvalue weighted by atomic mass is 10.1. The van der Waals surface area contributed by atoms with Gasteiger partial charge in [-0.2, -0.15) is 17.6 Å². The smallest absolute Gasteiger partial charge is 0.303 e. The van der Waals surface area contributed by atoms with Crippen molar-refractivity contribution in [3.63, 3.8) is 0 Å². The van der Waals surface area contributed by atoms with Crippen molar-refractivity contribution in [2.24, 2.45) is 0 Å². The summed E-state index contributed by atoms with van der Waals surface area (Å²) in [6, 6.07) is 6.58. The summed E-state index contributed by atoms with van der Waals surface area (Å²) in [5.41, 5.74) is -0.143. The molecule has 0 bridgehead atoms. The first-order chi connectivity index (χ1) is 10.7. The Morgan fingerprint density at radius 1 is 0.913 bits per heavy atom. The first-order valence-corrected chi connectivity index (χ1v) is 7.34. The highest BCUT2D eigenvalue weighted by Gasteiger charge is 2.51. The molecule has 1 aromatic carbocycles. The number of hydrogen-bond acceptors (Lipinski definition) is 2. The summed E-state index contributed by atoms with van der Waals surface area (Å²) in [4.78, 5) is -0.740. The molecule has 2 rings (SSSR count). The Hall–Kier alpha value is -1.54. The van der Waals surface area contributed by atoms with Gasteiger partial charge in [-0.1, -0.05) is 35.9 Å². The van der Waals surface area contributed by atoms with Crippen LogP contribution in [0.2, 0.25) is 0 Å². The third kappa shape index (κ3) is 3.69. The van der Waals surface area contributed by atoms with Crippen LogP contribution >= 0.6 is 11.3 Å². The topological polar surface area (TPSA) is 9.23 Å². The van der Waals surface area contributed by atoms with Crippen LogP contribution < -0.4 is 0 Å². The molecule has 0 saturated carbocycles. The highest BCUT2D eigenvalue weighted by Crippen LogP contribution is 2.41. The molecule has 0 amide bonds. The highest BCUT2D eigenvalue weighted by molar-refractivity contribution is 7.10. The van der Waals surface area contributed by atoms with E-state index in [-0.39, 0.29) is 0 Å². The van der Waals surface area contributed by atoms with Gasteiger partial charge in [0.1, 0.15) is 0 Å². The average Bonchev–Trinajstić information content (AvgIpc) is 3.02. The van der Waals surface area contributed by atoms with Crippen molar-refractivity contribution in [3.8, 4) is 0 Å². The van der Waals surface area contributed by atoms with Crippen LogP contribution in [0.15, 0.2) is 41.8 Å². The van der Waals surface area contributed by atoms with Gasteiger partial charge in [0.25, 0.3) is 12.7 Å². The van der Waals surface area contributed by atoms with E-state index < -0.39 is 35.0 Å². The molecule has 0 unspecified atom stereocenters. The summed E-state index contributed by atoms with van der Waals surface area (Å²) in [6.45, 7) is 1.63. The zero-order chi connectivity index (χ0) is 17.3. The van der Waals surface area contributed by atoms with Crippen LogP contribution in [0.3, 0.4) is 0 Å². The van der Waals surface area contributed by atoms with E-state index in [4.69, 9.17) is 0 Å². The molecule has 0 aliphatic carbocycles. The van der Waals surface area contributed by atoms with Gasteiger partial charge in [-0.15, -0.1) is 11.3 Å². The number of alkyl halides is 6. The maximum Gasteiger partial charge on any atom is 0.336 e. The Morgan fingerprint density at radius 2 is 1.48 bits per heavy atom. The molecule has 2 atom stereocenters. The van der Waals surface area contributed by atoms with Gasteiger partial charge in [-0.25, -0.2) is 8.78 Å². The quantitative estimate of drug-likeness (QED) is 0.618. The molecule has 1 aromatic heterocycles. The molecule has 0 saturated heterocycles. The zero-order valence-electron chi connectivity index (χ0n) is 11.8. The van der Waals surface area contributed by atoms with E-state index in [1.165, 1.54) is 23.6 Å². The van der Waals surface area contributed by atoms with E-state index in [2.05, 4.69) is 4.74 Å². The van der Waals surface area contributed by atoms with Crippen LogP contribution in [0.1, 0.15) is 16.0 Å². The second-order valence-electron chi connectivity index (χ2n) is 4.86. The van der Waals surface area contributed by atoms with Gasteiger partial charge in [0.2, 0.25) is 0 Å². The van der Waals surface area contributed by atoms with Crippen molar-refractivity contribution in [2.45, 2.75) is 31.5 Å². The number of aryl methyl sites for hydroxylation is 1. The largest absolute Gasteiger partial charge is 0.336 e. The molecule has 126 valence electrons. The van der Waals surface area contributed by atoms with Crippen LogP contribution in [-0.2, 0) is 16.6 Å². The minimum atomic E-state index is -4.26. The Labute approximate surface area is 132 Å². The van der Waals surface area contributed by atoms with Crippen LogP contribution in [-0.4, -0.2) is 12.7 Å². The number of halogens is 6. The summed E-state index contributed by atoms with van der Waals surface area (Å²) >= 11 is 0.511. The van der Waals surface area contributed by atoms with Crippen molar-refractivity contribution in [2.75, 3.05) is 0 Å². The Bertz CT molecular complexity index is 626. The highest BCUT2D eigenvalue weighted by atomic mass is 32.1. The minimum Gasteiger partial charge on any atom is -0.303 e. The molecule has 8 heteroatoms. The van der Waals surface area contributed by atoms with E-state index in [0.29, 0.717) is 16.9 Å². The van der Waals surface area contributed by atoms with Crippen LogP contribution in [0, 0.1) is 6.92 Å². The van der Waals surface area contributed by atoms with Crippen molar-refractivity contribution in [1.29, 1.82) is 0 Å². The second kappa shape index (κ2) is 6.52. The summed E-state index contributed by atoms with van der Waals surface area (Å²) in [5.74, 6) is -8.48. The van der Waals surface area contributed by atoms with Crippen LogP contribution in [0.5, 0.6) is 0 Å². The molecule has 2 aromatic rings. The Morgan fingerprint density at radius 3 is 2.00 bits per heavy atom. The van der Waals surface area contributed by atoms with Crippen LogP contribution in [0.25, 0.3) is 0 Å². The van der Waals surface area contributed by atoms with Crippen molar-refractivity contribution in [3.05, 3.63) is 57.8 Å². The van der Waals surface area contributed by atoms with Gasteiger partial charge in [-0.05, 0) is 18.4 Å². The monoisotopic (exact) mass is 354 g/mol. The minimum absolute atomic E-state index is 0.511. The number of ether oxygens (including phenoxy) is 1. The third-order valence-corrected chi connectivity index (χ3v) is 4.05. The van der Waals surface area contributed by atoms with Gasteiger partial charge in [0.05, 0.1) is 4.88 Å². The molecular formula is C15H12F6OS. The van der Waals surface area contributed by atoms with Crippen molar-refractivity contribution >= 4 is 11.3 Å². The van der Waals surface area contributed by atoms with E-state index in [0.717, 1.165) is 18.2 Å². The fourth-order valence-corrected chi connectivity index (χ4v) is 2.47. The van der Waals surface area contributed by atoms with E-state index in [9.17, 15) is 26.3 Å². The Kier molecular flexibility index (Phi) is 5.05. The molecule has 0 N–H and O–H groups in total. The third-order valence-electron chi connectivity index (χ3n) is 3.10. The molecule has 0 aliphatic rings. The summed E-state index contributed by atoms with van der Waals surface area (Å²) < 4.78 is 86.0. The number of hydrogen-bond donors (Lipinski definition) is 0. The molecule has 1 nitrogen and oxygen atoms in total. The molecule has 0 radical (unpaired) electrons. The first-order valence-electron chi connectivity index (χ1n) is 6.46. The van der Waals surface area contributed by atoms with Crippen LogP contribution in [0.4, 0.5) is 26.3 Å². The fraction of sp³-hybridized carbons (Fsp3) is 0.333. The lowest BCUT2D eigenvalue weighted by molar-refractivity contribution is -0.294. The van der Waals surface area contributed by atoms with E-state index in [1.807, 2.05) is 0 Å². The normalized spacial score (nSPS) is 15.4. The molecule has 1 heterocycles. The summed E-state index contributed by atoms with van der Waals surface area (Å²) in [7, 11) is 0. The van der Waals surface area contributed by atoms with Crippen molar-refractivity contribution in [1.82, 2.24) is 0 Å². The predicted octanol–water partition coefficient (Wildman–Crippen LogP) is 5.55. The number of benzene rings is 1. The molecule has 0 fully saturated rings. The first kappa shape index (κ1) is 17.8. The van der Waals surface area contributed by atoms with Gasteiger partial charge in [-0.3, -0.25) is 0 Å². The zero-order valence-corrected chi connectivity index (χ0v) is 12.6. The molecule has 0 spiro atoms. The maximum absolute atomic E-state index is 13.9. The summed E-state index contributed by atoms with van der Waals surface area (Å²) in [6.07, 6.45) is -7.08. The standard InChI is InChI=1S/C15H12F6OS/c1-9-4-6-10(7-5-9)14(18,19)12(16)22-13(17)15(20,21)11-3-2-8-23-11/h2-8,12-13H,1H3/t12-,13+/m0/s1. The number of rotatable bonds is 6. The van der Waals surface area contributed by atoms with Gasteiger partial charge >= 0.3 is 11.8 Å². The lowest BCUT2D eigenvalue weighted by Crippen LogP contribution is -2.38. The van der Waals surface area contributed by atoms with Gasteiger partial charge < -0.3 is 4.74 Å². The summed E-state index contributed by atoms with van der Waals surface area (Å²) in [5, 5.41) is 1.25. The Balaban J connectivity index is 2.13. The second-order valence-corrected chi connectivity index (χ2v) is 5.81. The molecular weight excluding hydrogens is 342 g/mol. The molecule has 23 heavy (non-hydrogen) atoms. The number of thiophene rings is 1. The SMILES string of the molecule is Cc1ccc(C(F)(F)[C@@H](F)O[C@@H](F)C(F)(F)c2cccs2)cc1. The van der Waals surface area contributed by atoms with Crippen molar-refractivity contribution < 1.29 is 31.1 Å². The average molecular weight is 354 g/mol. The predicted molar refractivity (Wildman–Crippen MR) is 74.2 cm³/mol. The fourth-order valence-electron chi connectivity index (χ4n) is 1.76. The molecule has 0 aliphatic heterocycles. The van der Waals surface area contributed by atoms with Gasteiger partial charge in [0.15, 0.2) is 0 Å². The maximum atomic E-state index is 13.9. The lowest BCUT2D eigenvalue weighted by Gasteiger charge is -2.26. The van der Waals surface area contributed by atoms with Gasteiger partial charge in [0, 0.05) is 5.56 Å². The van der Waals surface area contributed by atoms with E-state index >= 15 is 0 Å².